The van der Waals surface area contributed by atoms with E-state index in [2.05, 4.69) is 10.6 Å². The predicted molar refractivity (Wildman–Crippen MR) is 90.0 cm³/mol. The largest absolute Gasteiger partial charge is 0.507 e. The molecule has 0 unspecified atom stereocenters. The number of urea groups is 1. The van der Waals surface area contributed by atoms with E-state index in [1.54, 1.807) is 43.3 Å². The molecule has 0 aromatic heterocycles. The second-order valence-corrected chi connectivity index (χ2v) is 5.29. The van der Waals surface area contributed by atoms with Crippen LogP contribution < -0.4 is 10.6 Å². The van der Waals surface area contributed by atoms with Crippen molar-refractivity contribution in [3.63, 3.8) is 0 Å². The van der Waals surface area contributed by atoms with Gasteiger partial charge in [-0.3, -0.25) is 10.1 Å². The first-order valence-electron chi connectivity index (χ1n) is 7.50. The van der Waals surface area contributed by atoms with Crippen molar-refractivity contribution in [1.82, 2.24) is 10.6 Å². The first-order valence-corrected chi connectivity index (χ1v) is 7.50. The molecule has 1 atom stereocenters. The zero-order chi connectivity index (χ0) is 18.4. The molecule has 0 aliphatic rings. The number of nitrogens with one attached hydrogen (secondary N) is 2. The molecule has 2 rings (SSSR count). The van der Waals surface area contributed by atoms with Gasteiger partial charge in [0.25, 0.3) is 5.91 Å². The molecule has 7 nitrogen and oxygen atoms in total. The maximum atomic E-state index is 12.4. The zero-order valence-electron chi connectivity index (χ0n) is 13.8. The summed E-state index contributed by atoms with van der Waals surface area (Å²) in [5.74, 6) is -1.92. The quantitative estimate of drug-likeness (QED) is 0.738. The maximum Gasteiger partial charge on any atom is 0.343 e. The normalized spacial score (nSPS) is 11.3. The van der Waals surface area contributed by atoms with Gasteiger partial charge in [0.1, 0.15) is 11.3 Å². The molecule has 3 amide bonds. The Kier molecular flexibility index (Phi) is 5.73. The van der Waals surface area contributed by atoms with Gasteiger partial charge >= 0.3 is 12.0 Å². The molecule has 130 valence electrons. The summed E-state index contributed by atoms with van der Waals surface area (Å²) in [6.45, 7) is 1.76. The van der Waals surface area contributed by atoms with E-state index in [-0.39, 0.29) is 11.3 Å². The number of phenolic OH excluding ortho intramolecular Hbond substituents is 1. The maximum absolute atomic E-state index is 12.4. The van der Waals surface area contributed by atoms with Gasteiger partial charge in [0.15, 0.2) is 0 Å². The number of imide groups is 1. The highest BCUT2D eigenvalue weighted by molar-refractivity contribution is 5.99. The van der Waals surface area contributed by atoms with Crippen LogP contribution in [0.15, 0.2) is 48.5 Å². The number of benzene rings is 2. The summed E-state index contributed by atoms with van der Waals surface area (Å²) in [6, 6.07) is 12.0. The molecule has 0 radical (unpaired) electrons. The number of aryl methyl sites for hydroxylation is 1. The Morgan fingerprint density at radius 2 is 1.76 bits per heavy atom. The molecule has 0 aliphatic heterocycles. The van der Waals surface area contributed by atoms with Gasteiger partial charge in [-0.05, 0) is 24.6 Å². The van der Waals surface area contributed by atoms with Gasteiger partial charge in [-0.1, -0.05) is 36.4 Å². The van der Waals surface area contributed by atoms with Crippen LogP contribution in [-0.4, -0.2) is 30.1 Å². The van der Waals surface area contributed by atoms with Gasteiger partial charge in [0, 0.05) is 12.6 Å². The Labute approximate surface area is 144 Å². The number of hydrogen-bond donors (Lipinski definition) is 3. The van der Waals surface area contributed by atoms with Crippen LogP contribution in [0.3, 0.4) is 0 Å². The van der Waals surface area contributed by atoms with Crippen molar-refractivity contribution in [1.29, 1.82) is 0 Å². The number of phenols is 1. The molecule has 0 saturated carbocycles. The molecule has 0 saturated heterocycles. The highest BCUT2D eigenvalue weighted by Gasteiger charge is 2.27. The van der Waals surface area contributed by atoms with E-state index in [1.165, 1.54) is 19.2 Å². The average Bonchev–Trinajstić information content (AvgIpc) is 2.59. The van der Waals surface area contributed by atoms with E-state index in [1.807, 2.05) is 0 Å². The van der Waals surface area contributed by atoms with Gasteiger partial charge in [-0.15, -0.1) is 0 Å². The number of ether oxygens (including phenoxy) is 1. The average molecular weight is 342 g/mol. The van der Waals surface area contributed by atoms with Gasteiger partial charge < -0.3 is 15.2 Å². The summed E-state index contributed by atoms with van der Waals surface area (Å²) in [4.78, 5) is 36.0. The van der Waals surface area contributed by atoms with Crippen molar-refractivity contribution < 1.29 is 24.2 Å². The molecule has 25 heavy (non-hydrogen) atoms. The van der Waals surface area contributed by atoms with E-state index >= 15 is 0 Å². The molecular weight excluding hydrogens is 324 g/mol. The molecule has 0 heterocycles. The van der Waals surface area contributed by atoms with Crippen molar-refractivity contribution in [2.75, 3.05) is 7.05 Å². The molecule has 0 fully saturated rings. The number of hydrogen-bond acceptors (Lipinski definition) is 5. The molecule has 2 aromatic rings. The standard InChI is InChI=1S/C18H18N2O5/c1-11-8-9-13(14(21)10-11)17(23)25-15(12-6-4-3-5-7-12)16(22)20-18(24)19-2/h3-10,15,21H,1-2H3,(H2,19,20,22,24)/t15-/m1/s1. The van der Waals surface area contributed by atoms with Crippen molar-refractivity contribution in [2.45, 2.75) is 13.0 Å². The Hall–Kier alpha value is -3.35. The van der Waals surface area contributed by atoms with Crippen LogP contribution in [0.4, 0.5) is 4.79 Å². The van der Waals surface area contributed by atoms with Crippen molar-refractivity contribution >= 4 is 17.9 Å². The highest BCUT2D eigenvalue weighted by atomic mass is 16.5. The molecule has 2 aromatic carbocycles. The number of rotatable bonds is 4. The lowest BCUT2D eigenvalue weighted by Crippen LogP contribution is -2.41. The minimum atomic E-state index is -1.34. The summed E-state index contributed by atoms with van der Waals surface area (Å²) >= 11 is 0. The molecule has 0 bridgehead atoms. The lowest BCUT2D eigenvalue weighted by atomic mass is 10.1. The molecular formula is C18H18N2O5. The zero-order valence-corrected chi connectivity index (χ0v) is 13.8. The van der Waals surface area contributed by atoms with Crippen LogP contribution in [0.25, 0.3) is 0 Å². The first kappa shape index (κ1) is 18.0. The van der Waals surface area contributed by atoms with E-state index < -0.39 is 24.0 Å². The highest BCUT2D eigenvalue weighted by Crippen LogP contribution is 2.24. The number of esters is 1. The fourth-order valence-corrected chi connectivity index (χ4v) is 2.13. The number of amides is 3. The van der Waals surface area contributed by atoms with Crippen LogP contribution in [0.2, 0.25) is 0 Å². The van der Waals surface area contributed by atoms with Gasteiger partial charge in [0.2, 0.25) is 6.10 Å². The van der Waals surface area contributed by atoms with E-state index in [0.717, 1.165) is 5.56 Å². The monoisotopic (exact) mass is 342 g/mol. The minimum absolute atomic E-state index is 0.0701. The Balaban J connectivity index is 2.28. The summed E-state index contributed by atoms with van der Waals surface area (Å²) in [5.41, 5.74) is 1.09. The molecule has 7 heteroatoms. The van der Waals surface area contributed by atoms with Crippen LogP contribution in [0.5, 0.6) is 5.75 Å². The lowest BCUT2D eigenvalue weighted by molar-refractivity contribution is -0.129. The van der Waals surface area contributed by atoms with Gasteiger partial charge in [-0.2, -0.15) is 0 Å². The fraction of sp³-hybridized carbons (Fsp3) is 0.167. The summed E-state index contributed by atoms with van der Waals surface area (Å²) < 4.78 is 5.26. The fourth-order valence-electron chi connectivity index (χ4n) is 2.13. The van der Waals surface area contributed by atoms with Gasteiger partial charge in [0.05, 0.1) is 0 Å². The third kappa shape index (κ3) is 4.57. The summed E-state index contributed by atoms with van der Waals surface area (Å²) in [5, 5.41) is 14.2. The smallest absolute Gasteiger partial charge is 0.343 e. The van der Waals surface area contributed by atoms with E-state index in [4.69, 9.17) is 4.74 Å². The van der Waals surface area contributed by atoms with Crippen LogP contribution in [0, 0.1) is 6.92 Å². The minimum Gasteiger partial charge on any atom is -0.507 e. The third-order valence-electron chi connectivity index (χ3n) is 3.40. The van der Waals surface area contributed by atoms with Crippen LogP contribution in [-0.2, 0) is 9.53 Å². The Morgan fingerprint density at radius 3 is 2.36 bits per heavy atom. The Bertz CT molecular complexity index is 789. The summed E-state index contributed by atoms with van der Waals surface area (Å²) in [7, 11) is 1.36. The molecule has 3 N–H and O–H groups in total. The molecule has 0 aliphatic carbocycles. The third-order valence-corrected chi connectivity index (χ3v) is 3.40. The Morgan fingerprint density at radius 1 is 1.08 bits per heavy atom. The summed E-state index contributed by atoms with van der Waals surface area (Å²) in [6.07, 6.45) is -1.34. The van der Waals surface area contributed by atoms with Crippen molar-refractivity contribution in [3.8, 4) is 5.75 Å². The predicted octanol–water partition coefficient (Wildman–Crippen LogP) is 2.05. The number of carbonyl (C=O) groups excluding carboxylic acids is 3. The first-order chi connectivity index (χ1) is 11.9. The van der Waals surface area contributed by atoms with Crippen LogP contribution >= 0.6 is 0 Å². The lowest BCUT2D eigenvalue weighted by Gasteiger charge is -2.18. The number of aromatic hydroxyl groups is 1. The second kappa shape index (κ2) is 7.96. The van der Waals surface area contributed by atoms with Crippen molar-refractivity contribution in [3.05, 3.63) is 65.2 Å². The van der Waals surface area contributed by atoms with Gasteiger partial charge in [-0.25, -0.2) is 9.59 Å². The topological polar surface area (TPSA) is 105 Å². The number of carbonyl (C=O) groups is 3. The van der Waals surface area contributed by atoms with Crippen molar-refractivity contribution in [2.24, 2.45) is 0 Å². The molecule has 0 spiro atoms. The van der Waals surface area contributed by atoms with Crippen LogP contribution in [0.1, 0.15) is 27.6 Å². The van der Waals surface area contributed by atoms with E-state index in [0.29, 0.717) is 5.56 Å². The second-order valence-electron chi connectivity index (χ2n) is 5.29. The van der Waals surface area contributed by atoms with E-state index in [9.17, 15) is 19.5 Å². The SMILES string of the molecule is CNC(=O)NC(=O)[C@H](OC(=O)c1ccc(C)cc1O)c1ccccc1.